The fourth-order valence-corrected chi connectivity index (χ4v) is 1.04. The van der Waals surface area contributed by atoms with E-state index in [0.717, 1.165) is 24.5 Å². The smallest absolute Gasteiger partial charge is 0.119 e. The molecule has 0 aliphatic heterocycles. The molecule has 3 nitrogen and oxygen atoms in total. The number of anilines is 1. The molecule has 0 aliphatic carbocycles. The van der Waals surface area contributed by atoms with Gasteiger partial charge in [0.25, 0.3) is 0 Å². The number of ether oxygens (including phenoxy) is 1. The van der Waals surface area contributed by atoms with Crippen molar-refractivity contribution in [2.75, 3.05) is 32.5 Å². The zero-order valence-electron chi connectivity index (χ0n) is 8.86. The molecule has 0 aliphatic rings. The van der Waals surface area contributed by atoms with Crippen LogP contribution in [0.4, 0.5) is 5.69 Å². The molecule has 0 radical (unpaired) electrons. The van der Waals surface area contributed by atoms with Gasteiger partial charge in [0.2, 0.25) is 0 Å². The van der Waals surface area contributed by atoms with E-state index in [0.29, 0.717) is 6.61 Å². The van der Waals surface area contributed by atoms with Crippen molar-refractivity contribution in [3.05, 3.63) is 24.3 Å². The molecular weight excluding hydrogens is 176 g/mol. The maximum Gasteiger partial charge on any atom is 0.119 e. The highest BCUT2D eigenvalue weighted by molar-refractivity contribution is 5.41. The SMILES string of the molecule is CCN(C)CCOc1ccc(N)cc1. The molecule has 14 heavy (non-hydrogen) atoms. The summed E-state index contributed by atoms with van der Waals surface area (Å²) in [6, 6.07) is 7.47. The van der Waals surface area contributed by atoms with Gasteiger partial charge in [-0.2, -0.15) is 0 Å². The lowest BCUT2D eigenvalue weighted by molar-refractivity contribution is 0.244. The molecule has 0 saturated heterocycles. The molecule has 0 atom stereocenters. The second-order valence-corrected chi connectivity index (χ2v) is 3.31. The Morgan fingerprint density at radius 3 is 2.50 bits per heavy atom. The van der Waals surface area contributed by atoms with E-state index in [2.05, 4.69) is 18.9 Å². The summed E-state index contributed by atoms with van der Waals surface area (Å²) in [7, 11) is 2.08. The summed E-state index contributed by atoms with van der Waals surface area (Å²) >= 11 is 0. The molecule has 0 spiro atoms. The van der Waals surface area contributed by atoms with Gasteiger partial charge in [-0.1, -0.05) is 6.92 Å². The molecule has 0 aromatic heterocycles. The average Bonchev–Trinajstić information content (AvgIpc) is 2.21. The molecule has 0 saturated carbocycles. The van der Waals surface area contributed by atoms with Gasteiger partial charge in [0.1, 0.15) is 12.4 Å². The second-order valence-electron chi connectivity index (χ2n) is 3.31. The van der Waals surface area contributed by atoms with Crippen LogP contribution in [0, 0.1) is 0 Å². The maximum atomic E-state index is 5.56. The minimum atomic E-state index is 0.717. The second kappa shape index (κ2) is 5.50. The summed E-state index contributed by atoms with van der Waals surface area (Å²) < 4.78 is 5.54. The molecule has 0 bridgehead atoms. The van der Waals surface area contributed by atoms with E-state index < -0.39 is 0 Å². The highest BCUT2D eigenvalue weighted by atomic mass is 16.5. The standard InChI is InChI=1S/C11H18N2O/c1-3-13(2)8-9-14-11-6-4-10(12)5-7-11/h4-7H,3,8-9,12H2,1-2H3. The lowest BCUT2D eigenvalue weighted by atomic mass is 10.3. The Hall–Kier alpha value is -1.22. The van der Waals surface area contributed by atoms with Crippen LogP contribution in [-0.4, -0.2) is 31.6 Å². The van der Waals surface area contributed by atoms with Crippen LogP contribution in [0.15, 0.2) is 24.3 Å². The average molecular weight is 194 g/mol. The third-order valence-corrected chi connectivity index (χ3v) is 2.16. The monoisotopic (exact) mass is 194 g/mol. The summed E-state index contributed by atoms with van der Waals surface area (Å²) in [4.78, 5) is 2.21. The van der Waals surface area contributed by atoms with Crippen molar-refractivity contribution in [3.63, 3.8) is 0 Å². The van der Waals surface area contributed by atoms with Gasteiger partial charge in [-0.05, 0) is 37.9 Å². The van der Waals surface area contributed by atoms with E-state index >= 15 is 0 Å². The zero-order valence-corrected chi connectivity index (χ0v) is 8.86. The van der Waals surface area contributed by atoms with Crippen LogP contribution < -0.4 is 10.5 Å². The molecule has 0 unspecified atom stereocenters. The summed E-state index contributed by atoms with van der Waals surface area (Å²) in [5, 5.41) is 0. The predicted molar refractivity (Wildman–Crippen MR) is 59.5 cm³/mol. The van der Waals surface area contributed by atoms with Crippen molar-refractivity contribution in [3.8, 4) is 5.75 Å². The van der Waals surface area contributed by atoms with Crippen LogP contribution >= 0.6 is 0 Å². The third kappa shape index (κ3) is 3.66. The van der Waals surface area contributed by atoms with E-state index in [4.69, 9.17) is 10.5 Å². The van der Waals surface area contributed by atoms with Gasteiger partial charge in [-0.3, -0.25) is 0 Å². The fourth-order valence-electron chi connectivity index (χ4n) is 1.04. The molecule has 1 aromatic rings. The van der Waals surface area contributed by atoms with Crippen molar-refractivity contribution < 1.29 is 4.74 Å². The Kier molecular flexibility index (Phi) is 4.26. The zero-order chi connectivity index (χ0) is 10.4. The Bertz CT molecular complexity index is 258. The van der Waals surface area contributed by atoms with Gasteiger partial charge < -0.3 is 15.4 Å². The number of rotatable bonds is 5. The van der Waals surface area contributed by atoms with Gasteiger partial charge >= 0.3 is 0 Å². The van der Waals surface area contributed by atoms with Crippen molar-refractivity contribution >= 4 is 5.69 Å². The fraction of sp³-hybridized carbons (Fsp3) is 0.455. The van der Waals surface area contributed by atoms with E-state index in [1.54, 1.807) is 0 Å². The first kappa shape index (κ1) is 10.9. The minimum Gasteiger partial charge on any atom is -0.492 e. The van der Waals surface area contributed by atoms with Crippen LogP contribution in [0.3, 0.4) is 0 Å². The van der Waals surface area contributed by atoms with Crippen LogP contribution in [0.5, 0.6) is 5.75 Å². The van der Waals surface area contributed by atoms with E-state index in [1.807, 2.05) is 24.3 Å². The lowest BCUT2D eigenvalue weighted by Gasteiger charge is -2.14. The Balaban J connectivity index is 2.28. The Morgan fingerprint density at radius 2 is 1.93 bits per heavy atom. The van der Waals surface area contributed by atoms with E-state index in [-0.39, 0.29) is 0 Å². The number of nitrogens with zero attached hydrogens (tertiary/aromatic N) is 1. The van der Waals surface area contributed by atoms with Gasteiger partial charge in [0.15, 0.2) is 0 Å². The third-order valence-electron chi connectivity index (χ3n) is 2.16. The van der Waals surface area contributed by atoms with E-state index in [9.17, 15) is 0 Å². The molecule has 78 valence electrons. The minimum absolute atomic E-state index is 0.717. The summed E-state index contributed by atoms with van der Waals surface area (Å²) in [6.45, 7) is 4.84. The van der Waals surface area contributed by atoms with Crippen LogP contribution in [0.25, 0.3) is 0 Å². The molecule has 0 fully saturated rings. The van der Waals surface area contributed by atoms with Crippen molar-refractivity contribution in [1.82, 2.24) is 4.90 Å². The molecule has 1 rings (SSSR count). The topological polar surface area (TPSA) is 38.5 Å². The number of hydrogen-bond donors (Lipinski definition) is 1. The molecule has 3 heteroatoms. The van der Waals surface area contributed by atoms with Crippen LogP contribution in [-0.2, 0) is 0 Å². The Morgan fingerprint density at radius 1 is 1.29 bits per heavy atom. The summed E-state index contributed by atoms with van der Waals surface area (Å²) in [5.74, 6) is 0.878. The number of hydrogen-bond acceptors (Lipinski definition) is 3. The molecule has 1 aromatic carbocycles. The molecule has 0 heterocycles. The molecular formula is C11H18N2O. The maximum absolute atomic E-state index is 5.56. The van der Waals surface area contributed by atoms with Gasteiger partial charge in [-0.15, -0.1) is 0 Å². The molecule has 2 N–H and O–H groups in total. The first-order valence-electron chi connectivity index (χ1n) is 4.89. The van der Waals surface area contributed by atoms with Crippen molar-refractivity contribution in [1.29, 1.82) is 0 Å². The normalized spacial score (nSPS) is 10.5. The van der Waals surface area contributed by atoms with Crippen LogP contribution in [0.1, 0.15) is 6.92 Å². The Labute approximate surface area is 85.5 Å². The van der Waals surface area contributed by atoms with Crippen molar-refractivity contribution in [2.45, 2.75) is 6.92 Å². The van der Waals surface area contributed by atoms with E-state index in [1.165, 1.54) is 0 Å². The molecule has 0 amide bonds. The van der Waals surface area contributed by atoms with Gasteiger partial charge in [-0.25, -0.2) is 0 Å². The largest absolute Gasteiger partial charge is 0.492 e. The highest BCUT2D eigenvalue weighted by Crippen LogP contribution is 2.12. The predicted octanol–water partition coefficient (Wildman–Crippen LogP) is 1.60. The number of nitrogen functional groups attached to an aromatic ring is 1. The number of nitrogens with two attached hydrogens (primary N) is 1. The van der Waals surface area contributed by atoms with Gasteiger partial charge in [0, 0.05) is 12.2 Å². The van der Waals surface area contributed by atoms with Gasteiger partial charge in [0.05, 0.1) is 0 Å². The number of benzene rings is 1. The first-order valence-corrected chi connectivity index (χ1v) is 4.89. The first-order chi connectivity index (χ1) is 6.72. The summed E-state index contributed by atoms with van der Waals surface area (Å²) in [6.07, 6.45) is 0. The highest BCUT2D eigenvalue weighted by Gasteiger charge is 1.95. The quantitative estimate of drug-likeness (QED) is 0.723. The lowest BCUT2D eigenvalue weighted by Crippen LogP contribution is -2.23. The van der Waals surface area contributed by atoms with Crippen LogP contribution in [0.2, 0.25) is 0 Å². The number of likely N-dealkylation sites (N-methyl/N-ethyl adjacent to an activating group) is 1. The van der Waals surface area contributed by atoms with Crippen molar-refractivity contribution in [2.24, 2.45) is 0 Å². The summed E-state index contributed by atoms with van der Waals surface area (Å²) in [5.41, 5.74) is 6.33.